The number of piperidine rings is 1. The normalized spacial score (nSPS) is 21.2. The predicted octanol–water partition coefficient (Wildman–Crippen LogP) is 3.65. The summed E-state index contributed by atoms with van der Waals surface area (Å²) < 4.78 is 14.2. The van der Waals surface area contributed by atoms with Crippen LogP contribution in [0, 0.1) is 5.82 Å². The van der Waals surface area contributed by atoms with Gasteiger partial charge in [-0.2, -0.15) is 0 Å². The molecule has 32 heavy (non-hydrogen) atoms. The third-order valence-corrected chi connectivity index (χ3v) is 7.11. The Bertz CT molecular complexity index is 952. The lowest BCUT2D eigenvalue weighted by atomic mass is 9.98. The van der Waals surface area contributed by atoms with E-state index in [1.165, 1.54) is 6.07 Å². The van der Waals surface area contributed by atoms with E-state index in [4.69, 9.17) is 34.7 Å². The van der Waals surface area contributed by atoms with Crippen LogP contribution < -0.4 is 16.4 Å². The highest BCUT2D eigenvalue weighted by Gasteiger charge is 2.34. The monoisotopic (exact) mass is 481 g/mol. The molecule has 0 unspecified atom stereocenters. The van der Waals surface area contributed by atoms with Gasteiger partial charge in [-0.15, -0.1) is 0 Å². The van der Waals surface area contributed by atoms with Crippen molar-refractivity contribution in [2.45, 2.75) is 44.8 Å². The number of halogens is 3. The molecule has 2 aliphatic heterocycles. The minimum absolute atomic E-state index is 0.162. The van der Waals surface area contributed by atoms with Gasteiger partial charge in [0.25, 0.3) is 0 Å². The Morgan fingerprint density at radius 3 is 2.47 bits per heavy atom. The minimum Gasteiger partial charge on any atom is -0.381 e. The number of nitrogens with zero attached hydrogens (tertiary/aromatic N) is 5. The Hall–Kier alpha value is -1.87. The van der Waals surface area contributed by atoms with Gasteiger partial charge in [0, 0.05) is 48.8 Å². The third kappa shape index (κ3) is 5.03. The van der Waals surface area contributed by atoms with E-state index in [2.05, 4.69) is 31.6 Å². The summed E-state index contributed by atoms with van der Waals surface area (Å²) in [5.41, 5.74) is 12.3. The number of rotatable bonds is 5. The lowest BCUT2D eigenvalue weighted by molar-refractivity contribution is 0.0607. The lowest BCUT2D eigenvalue weighted by Crippen LogP contribution is -2.58. The zero-order valence-electron chi connectivity index (χ0n) is 18.3. The summed E-state index contributed by atoms with van der Waals surface area (Å²) in [7, 11) is 0. The molecule has 2 fully saturated rings. The number of nitrogen functional groups attached to an aromatic ring is 2. The van der Waals surface area contributed by atoms with Crippen molar-refractivity contribution in [1.29, 1.82) is 0 Å². The molecule has 0 saturated carbocycles. The molecule has 2 saturated heterocycles. The molecule has 4 rings (SSSR count). The molecule has 7 nitrogen and oxygen atoms in total. The second-order valence-electron chi connectivity index (χ2n) is 8.60. The van der Waals surface area contributed by atoms with Gasteiger partial charge in [-0.1, -0.05) is 36.2 Å². The first-order valence-corrected chi connectivity index (χ1v) is 11.9. The maximum atomic E-state index is 14.2. The Balaban J connectivity index is 1.35. The highest BCUT2D eigenvalue weighted by Crippen LogP contribution is 2.30. The molecule has 2 aromatic rings. The van der Waals surface area contributed by atoms with Gasteiger partial charge in [-0.25, -0.2) is 14.4 Å². The van der Waals surface area contributed by atoms with E-state index in [-0.39, 0.29) is 17.5 Å². The first-order chi connectivity index (χ1) is 15.4. The van der Waals surface area contributed by atoms with Crippen LogP contribution in [0.15, 0.2) is 18.2 Å². The quantitative estimate of drug-likeness (QED) is 0.673. The van der Waals surface area contributed by atoms with Gasteiger partial charge in [-0.05, 0) is 44.5 Å². The first-order valence-electron chi connectivity index (χ1n) is 11.1. The Kier molecular flexibility index (Phi) is 7.24. The van der Waals surface area contributed by atoms with Crippen molar-refractivity contribution in [2.24, 2.45) is 0 Å². The van der Waals surface area contributed by atoms with E-state index in [1.807, 2.05) is 0 Å². The maximum Gasteiger partial charge on any atom is 0.174 e. The highest BCUT2D eigenvalue weighted by molar-refractivity contribution is 6.32. The fourth-order valence-electron chi connectivity index (χ4n) is 4.84. The number of aromatic nitrogens is 2. The van der Waals surface area contributed by atoms with Gasteiger partial charge in [-0.3, -0.25) is 9.80 Å². The largest absolute Gasteiger partial charge is 0.381 e. The number of likely N-dealkylation sites (tertiary alicyclic amines) is 1. The average Bonchev–Trinajstić information content (AvgIpc) is 2.78. The van der Waals surface area contributed by atoms with Crippen molar-refractivity contribution in [3.63, 3.8) is 0 Å². The van der Waals surface area contributed by atoms with Crippen LogP contribution in [0.4, 0.5) is 21.8 Å². The molecule has 0 radical (unpaired) electrons. The van der Waals surface area contributed by atoms with Crippen LogP contribution in [-0.2, 0) is 6.54 Å². The molecule has 4 N–H and O–H groups in total. The van der Waals surface area contributed by atoms with E-state index >= 15 is 0 Å². The molecule has 1 aromatic heterocycles. The molecule has 174 valence electrons. The molecule has 2 aliphatic rings. The standard InChI is InChI=1S/C22H30Cl2FN7/c1-2-16-13-31(22-19(24)28-20(26)21(27)29-22)9-10-32(16)17-5-7-30(8-6-17)12-14-3-4-15(23)11-18(14)25/h3-4,11,16-17H,2,5-10,12-13H2,1H3,(H2,26,28)(H2,27,29)/t16-/m0/s1. The zero-order valence-corrected chi connectivity index (χ0v) is 19.8. The van der Waals surface area contributed by atoms with E-state index in [0.29, 0.717) is 40.2 Å². The molecule has 10 heteroatoms. The molecule has 0 amide bonds. The number of nitrogens with two attached hydrogens (primary N) is 2. The first kappa shape index (κ1) is 23.3. The van der Waals surface area contributed by atoms with E-state index < -0.39 is 0 Å². The molecular formula is C22H30Cl2FN7. The van der Waals surface area contributed by atoms with E-state index in [9.17, 15) is 4.39 Å². The molecule has 1 aromatic carbocycles. The van der Waals surface area contributed by atoms with Gasteiger partial charge in [0.1, 0.15) is 5.82 Å². The van der Waals surface area contributed by atoms with Gasteiger partial charge in [0.05, 0.1) is 0 Å². The Morgan fingerprint density at radius 2 is 1.78 bits per heavy atom. The fraction of sp³-hybridized carbons (Fsp3) is 0.545. The maximum absolute atomic E-state index is 14.2. The number of benzene rings is 1. The second-order valence-corrected chi connectivity index (χ2v) is 9.39. The third-order valence-electron chi connectivity index (χ3n) is 6.63. The highest BCUT2D eigenvalue weighted by atomic mass is 35.5. The molecular weight excluding hydrogens is 452 g/mol. The SMILES string of the molecule is CC[C@H]1CN(c2nc(N)c(N)nc2Cl)CCN1C1CCN(Cc2ccc(Cl)cc2F)CC1. The second kappa shape index (κ2) is 9.95. The topological polar surface area (TPSA) is 87.5 Å². The van der Waals surface area contributed by atoms with Crippen LogP contribution >= 0.6 is 23.2 Å². The Morgan fingerprint density at radius 1 is 1.06 bits per heavy atom. The lowest BCUT2D eigenvalue weighted by Gasteiger charge is -2.47. The summed E-state index contributed by atoms with van der Waals surface area (Å²) in [5.74, 6) is 0.752. The average molecular weight is 482 g/mol. The van der Waals surface area contributed by atoms with Crippen LogP contribution in [0.2, 0.25) is 10.2 Å². The van der Waals surface area contributed by atoms with Crippen LogP contribution in [-0.4, -0.2) is 64.6 Å². The van der Waals surface area contributed by atoms with Gasteiger partial charge < -0.3 is 16.4 Å². The van der Waals surface area contributed by atoms with E-state index in [0.717, 1.165) is 52.0 Å². The number of hydrogen-bond acceptors (Lipinski definition) is 7. The predicted molar refractivity (Wildman–Crippen MR) is 129 cm³/mol. The summed E-state index contributed by atoms with van der Waals surface area (Å²) in [6.45, 7) is 7.30. The summed E-state index contributed by atoms with van der Waals surface area (Å²) in [4.78, 5) is 15.6. The molecule has 3 heterocycles. The molecule has 1 atom stereocenters. The van der Waals surface area contributed by atoms with Crippen molar-refractivity contribution in [1.82, 2.24) is 19.8 Å². The van der Waals surface area contributed by atoms with Crippen LogP contribution in [0.25, 0.3) is 0 Å². The summed E-state index contributed by atoms with van der Waals surface area (Å²) >= 11 is 12.2. The van der Waals surface area contributed by atoms with Crippen LogP contribution in [0.5, 0.6) is 0 Å². The molecule has 0 spiro atoms. The van der Waals surface area contributed by atoms with Crippen LogP contribution in [0.3, 0.4) is 0 Å². The summed E-state index contributed by atoms with van der Waals surface area (Å²) in [5, 5.41) is 0.728. The molecule has 0 aliphatic carbocycles. The van der Waals surface area contributed by atoms with E-state index in [1.54, 1.807) is 12.1 Å². The number of hydrogen-bond donors (Lipinski definition) is 2. The van der Waals surface area contributed by atoms with Crippen LogP contribution in [0.1, 0.15) is 31.7 Å². The van der Waals surface area contributed by atoms with Crippen molar-refractivity contribution >= 4 is 40.7 Å². The van der Waals surface area contributed by atoms with Gasteiger partial charge in [0.2, 0.25) is 0 Å². The fourth-order valence-corrected chi connectivity index (χ4v) is 5.25. The molecule has 0 bridgehead atoms. The Labute approximate surface area is 198 Å². The van der Waals surface area contributed by atoms with Gasteiger partial charge >= 0.3 is 0 Å². The van der Waals surface area contributed by atoms with Crippen molar-refractivity contribution < 1.29 is 4.39 Å². The van der Waals surface area contributed by atoms with Crippen molar-refractivity contribution in [2.75, 3.05) is 49.1 Å². The van der Waals surface area contributed by atoms with Crippen molar-refractivity contribution in [3.05, 3.63) is 39.8 Å². The van der Waals surface area contributed by atoms with Crippen molar-refractivity contribution in [3.8, 4) is 0 Å². The summed E-state index contributed by atoms with van der Waals surface area (Å²) in [6, 6.07) is 5.84. The number of anilines is 3. The number of piperazine rings is 1. The smallest absolute Gasteiger partial charge is 0.174 e. The zero-order chi connectivity index (χ0) is 22.8. The minimum atomic E-state index is -0.230. The van der Waals surface area contributed by atoms with Gasteiger partial charge in [0.15, 0.2) is 22.6 Å². The summed E-state index contributed by atoms with van der Waals surface area (Å²) in [6.07, 6.45) is 3.17.